The van der Waals surface area contributed by atoms with Crippen molar-refractivity contribution in [1.82, 2.24) is 0 Å². The van der Waals surface area contributed by atoms with Crippen molar-refractivity contribution in [3.8, 4) is 0 Å². The lowest BCUT2D eigenvalue weighted by molar-refractivity contribution is -0.286. The zero-order valence-corrected chi connectivity index (χ0v) is 7.70. The minimum absolute atomic E-state index is 0.0786. The summed E-state index contributed by atoms with van der Waals surface area (Å²) in [4.78, 5) is 3.05. The maximum Gasteiger partial charge on any atom is 0.243 e. The zero-order chi connectivity index (χ0) is 10.7. The summed E-state index contributed by atoms with van der Waals surface area (Å²) in [5.41, 5.74) is 0. The van der Waals surface area contributed by atoms with Crippen LogP contribution in [-0.2, 0) is 9.47 Å². The fourth-order valence-electron chi connectivity index (χ4n) is 1.35. The highest BCUT2D eigenvalue weighted by Crippen LogP contribution is 2.21. The summed E-state index contributed by atoms with van der Waals surface area (Å²) in [7, 11) is 1.31. The second kappa shape index (κ2) is 4.68. The van der Waals surface area contributed by atoms with E-state index in [2.05, 4.69) is 4.85 Å². The molecule has 1 unspecified atom stereocenters. The lowest BCUT2D eigenvalue weighted by Gasteiger charge is -2.37. The number of hydrogen-bond donors (Lipinski definition) is 3. The van der Waals surface area contributed by atoms with Gasteiger partial charge in [-0.3, -0.25) is 0 Å². The summed E-state index contributed by atoms with van der Waals surface area (Å²) in [5.74, 6) is 0. The van der Waals surface area contributed by atoms with Gasteiger partial charge in [-0.15, -0.1) is 0 Å². The van der Waals surface area contributed by atoms with E-state index in [-0.39, 0.29) is 6.54 Å². The molecule has 0 bridgehead atoms. The van der Waals surface area contributed by atoms with Gasteiger partial charge < -0.3 is 29.6 Å². The van der Waals surface area contributed by atoms with E-state index in [4.69, 9.17) is 16.0 Å². The standard InChI is InChI=1S/C8H13NO5/c1-9-3-4-5(10)6(11)7(12)8(13-2)14-4/h4-8,10-12H,3H2,2H3/t4-,5?,6+,7+,8-/m1/s1. The van der Waals surface area contributed by atoms with Gasteiger partial charge in [-0.25, -0.2) is 6.57 Å². The van der Waals surface area contributed by atoms with Crippen molar-refractivity contribution in [3.63, 3.8) is 0 Å². The maximum absolute atomic E-state index is 9.42. The van der Waals surface area contributed by atoms with E-state index in [0.29, 0.717) is 0 Å². The Balaban J connectivity index is 2.69. The van der Waals surface area contributed by atoms with Gasteiger partial charge in [0, 0.05) is 7.11 Å². The third-order valence-corrected chi connectivity index (χ3v) is 2.17. The molecule has 0 radical (unpaired) electrons. The Morgan fingerprint density at radius 1 is 1.29 bits per heavy atom. The Kier molecular flexibility index (Phi) is 3.80. The molecular weight excluding hydrogens is 190 g/mol. The summed E-state index contributed by atoms with van der Waals surface area (Å²) in [5, 5.41) is 28.2. The normalized spacial score (nSPS) is 43.2. The average Bonchev–Trinajstić information content (AvgIpc) is 2.19. The summed E-state index contributed by atoms with van der Waals surface area (Å²) >= 11 is 0. The van der Waals surface area contributed by atoms with Crippen molar-refractivity contribution in [2.75, 3.05) is 13.7 Å². The Morgan fingerprint density at radius 2 is 1.93 bits per heavy atom. The Labute approximate surface area is 81.5 Å². The molecule has 0 aromatic rings. The molecule has 0 aromatic carbocycles. The van der Waals surface area contributed by atoms with Crippen LogP contribution in [0, 0.1) is 6.57 Å². The van der Waals surface area contributed by atoms with Crippen molar-refractivity contribution in [1.29, 1.82) is 0 Å². The van der Waals surface area contributed by atoms with Gasteiger partial charge in [0.25, 0.3) is 0 Å². The van der Waals surface area contributed by atoms with Crippen LogP contribution in [0.5, 0.6) is 0 Å². The third kappa shape index (κ3) is 2.03. The summed E-state index contributed by atoms with van der Waals surface area (Å²) < 4.78 is 9.83. The highest BCUT2D eigenvalue weighted by atomic mass is 16.7. The fourth-order valence-corrected chi connectivity index (χ4v) is 1.35. The first-order valence-electron chi connectivity index (χ1n) is 4.17. The van der Waals surface area contributed by atoms with Gasteiger partial charge in [0.1, 0.15) is 18.3 Å². The number of ether oxygens (including phenoxy) is 2. The molecule has 1 fully saturated rings. The zero-order valence-electron chi connectivity index (χ0n) is 7.70. The van der Waals surface area contributed by atoms with E-state index in [9.17, 15) is 15.3 Å². The molecule has 0 spiro atoms. The van der Waals surface area contributed by atoms with E-state index in [1.807, 2.05) is 0 Å². The van der Waals surface area contributed by atoms with Gasteiger partial charge in [-0.2, -0.15) is 0 Å². The van der Waals surface area contributed by atoms with Crippen LogP contribution in [0.2, 0.25) is 0 Å². The van der Waals surface area contributed by atoms with Crippen LogP contribution in [0.3, 0.4) is 0 Å². The van der Waals surface area contributed by atoms with Gasteiger partial charge in [0.05, 0.1) is 0 Å². The number of nitrogens with zero attached hydrogens (tertiary/aromatic N) is 1. The first-order chi connectivity index (χ1) is 6.61. The monoisotopic (exact) mass is 203 g/mol. The van der Waals surface area contributed by atoms with Crippen LogP contribution >= 0.6 is 0 Å². The molecule has 0 aromatic heterocycles. The molecule has 0 amide bonds. The maximum atomic E-state index is 9.42. The van der Waals surface area contributed by atoms with Gasteiger partial charge >= 0.3 is 0 Å². The predicted octanol–water partition coefficient (Wildman–Crippen LogP) is -1.64. The molecule has 1 heterocycles. The molecule has 1 aliphatic heterocycles. The van der Waals surface area contributed by atoms with Gasteiger partial charge in [0.15, 0.2) is 12.4 Å². The molecule has 80 valence electrons. The van der Waals surface area contributed by atoms with E-state index in [1.54, 1.807) is 0 Å². The number of hydrogen-bond acceptors (Lipinski definition) is 5. The lowest BCUT2D eigenvalue weighted by atomic mass is 9.99. The van der Waals surface area contributed by atoms with Crippen LogP contribution in [0.1, 0.15) is 0 Å². The molecule has 6 nitrogen and oxygen atoms in total. The highest BCUT2D eigenvalue weighted by molar-refractivity contribution is 4.91. The van der Waals surface area contributed by atoms with Crippen molar-refractivity contribution in [3.05, 3.63) is 11.4 Å². The van der Waals surface area contributed by atoms with Crippen LogP contribution < -0.4 is 0 Å². The molecule has 3 N–H and O–H groups in total. The summed E-state index contributed by atoms with van der Waals surface area (Å²) in [6.45, 7) is 6.54. The van der Waals surface area contributed by atoms with Crippen LogP contribution in [0.4, 0.5) is 0 Å². The molecule has 1 rings (SSSR count). The SMILES string of the molecule is [C-]#[N+]C[C@H]1O[C@@H](OC)[C@@H](O)[C@@H](O)C1O. The minimum atomic E-state index is -1.35. The van der Waals surface area contributed by atoms with Crippen molar-refractivity contribution in [2.24, 2.45) is 0 Å². The molecule has 1 aliphatic rings. The first-order valence-corrected chi connectivity index (χ1v) is 4.17. The largest absolute Gasteiger partial charge is 0.387 e. The van der Waals surface area contributed by atoms with Gasteiger partial charge in [0.2, 0.25) is 6.54 Å². The average molecular weight is 203 g/mol. The van der Waals surface area contributed by atoms with E-state index in [1.165, 1.54) is 7.11 Å². The van der Waals surface area contributed by atoms with Crippen molar-refractivity contribution in [2.45, 2.75) is 30.7 Å². The second-order valence-corrected chi connectivity index (χ2v) is 3.09. The number of aliphatic hydroxyl groups is 3. The quantitative estimate of drug-likeness (QED) is 0.469. The Bertz CT molecular complexity index is 226. The Morgan fingerprint density at radius 3 is 2.43 bits per heavy atom. The third-order valence-electron chi connectivity index (χ3n) is 2.17. The van der Waals surface area contributed by atoms with E-state index in [0.717, 1.165) is 0 Å². The minimum Gasteiger partial charge on any atom is -0.387 e. The number of methoxy groups -OCH3 is 1. The summed E-state index contributed by atoms with van der Waals surface area (Å²) in [6.07, 6.45) is -5.72. The molecule has 1 saturated heterocycles. The number of rotatable bonds is 2. The predicted molar refractivity (Wildman–Crippen MR) is 45.2 cm³/mol. The highest BCUT2D eigenvalue weighted by Gasteiger charge is 2.45. The van der Waals surface area contributed by atoms with Crippen molar-refractivity contribution < 1.29 is 24.8 Å². The molecule has 0 aliphatic carbocycles. The lowest BCUT2D eigenvalue weighted by Crippen LogP contribution is -2.58. The summed E-state index contributed by atoms with van der Waals surface area (Å²) in [6, 6.07) is 0. The van der Waals surface area contributed by atoms with E-state index < -0.39 is 30.7 Å². The first kappa shape index (κ1) is 11.4. The Hall–Kier alpha value is -0.710. The van der Waals surface area contributed by atoms with Crippen molar-refractivity contribution >= 4 is 0 Å². The van der Waals surface area contributed by atoms with Gasteiger partial charge in [-0.1, -0.05) is 0 Å². The second-order valence-electron chi connectivity index (χ2n) is 3.09. The molecule has 14 heavy (non-hydrogen) atoms. The van der Waals surface area contributed by atoms with Gasteiger partial charge in [-0.05, 0) is 0 Å². The number of aliphatic hydroxyl groups excluding tert-OH is 3. The smallest absolute Gasteiger partial charge is 0.243 e. The fraction of sp³-hybridized carbons (Fsp3) is 0.875. The topological polar surface area (TPSA) is 83.5 Å². The van der Waals surface area contributed by atoms with Crippen LogP contribution in [0.25, 0.3) is 4.85 Å². The molecule has 5 atom stereocenters. The molecular formula is C8H13NO5. The van der Waals surface area contributed by atoms with E-state index >= 15 is 0 Å². The van der Waals surface area contributed by atoms with Crippen LogP contribution in [-0.4, -0.2) is 59.7 Å². The molecule has 0 saturated carbocycles. The molecule has 6 heteroatoms. The van der Waals surface area contributed by atoms with Crippen LogP contribution in [0.15, 0.2) is 0 Å².